The van der Waals surface area contributed by atoms with E-state index in [1.807, 2.05) is 12.1 Å². The van der Waals surface area contributed by atoms with Gasteiger partial charge in [0.05, 0.1) is 11.5 Å². The van der Waals surface area contributed by atoms with Gasteiger partial charge in [-0.05, 0) is 66.8 Å². The van der Waals surface area contributed by atoms with Crippen LogP contribution >= 0.6 is 0 Å². The molecule has 1 aliphatic carbocycles. The van der Waals surface area contributed by atoms with E-state index in [9.17, 15) is 18.0 Å². The Morgan fingerprint density at radius 3 is 2.57 bits per heavy atom. The lowest BCUT2D eigenvalue weighted by molar-refractivity contribution is -0.147. The minimum absolute atomic E-state index is 0.152. The van der Waals surface area contributed by atoms with E-state index in [1.165, 1.54) is 23.3 Å². The Bertz CT molecular complexity index is 1010. The molecule has 0 spiro atoms. The van der Waals surface area contributed by atoms with Crippen LogP contribution in [0.5, 0.6) is 11.5 Å². The predicted molar refractivity (Wildman–Crippen MR) is 106 cm³/mol. The number of aryl methyl sites for hydroxylation is 1. The molecule has 1 fully saturated rings. The molecule has 158 valence electrons. The van der Waals surface area contributed by atoms with E-state index in [-0.39, 0.29) is 11.7 Å². The van der Waals surface area contributed by atoms with Crippen molar-refractivity contribution in [2.75, 3.05) is 19.6 Å². The summed E-state index contributed by atoms with van der Waals surface area (Å²) in [6, 6.07) is 10.5. The SMILES string of the molecule is CC1=C(CN2CC(C(=O)O)C2)CCc2cc(Oc3cccc(C(F)(F)F)c3)ccc21. The lowest BCUT2D eigenvalue weighted by Crippen LogP contribution is -2.50. The number of ether oxygens (including phenoxy) is 1. The Morgan fingerprint density at radius 2 is 1.87 bits per heavy atom. The van der Waals surface area contributed by atoms with Crippen molar-refractivity contribution < 1.29 is 27.8 Å². The van der Waals surface area contributed by atoms with Crippen LogP contribution in [0.4, 0.5) is 13.2 Å². The number of hydrogen-bond acceptors (Lipinski definition) is 3. The van der Waals surface area contributed by atoms with E-state index in [1.54, 1.807) is 6.07 Å². The molecule has 2 aromatic carbocycles. The number of nitrogens with zero attached hydrogens (tertiary/aromatic N) is 1. The number of carbonyl (C=O) groups is 1. The number of fused-ring (bicyclic) bond motifs is 1. The fourth-order valence-electron chi connectivity index (χ4n) is 4.06. The maximum absolute atomic E-state index is 12.9. The monoisotopic (exact) mass is 417 g/mol. The maximum Gasteiger partial charge on any atom is 0.416 e. The van der Waals surface area contributed by atoms with Crippen molar-refractivity contribution in [3.63, 3.8) is 0 Å². The summed E-state index contributed by atoms with van der Waals surface area (Å²) in [7, 11) is 0. The predicted octanol–water partition coefficient (Wildman–Crippen LogP) is 5.23. The molecule has 0 atom stereocenters. The smallest absolute Gasteiger partial charge is 0.416 e. The average Bonchev–Trinajstić information content (AvgIpc) is 2.65. The standard InChI is InChI=1S/C23H22F3NO3/c1-14-16(11-27-12-17(13-27)22(28)29)6-5-15-9-20(7-8-21(14)15)30-19-4-2-3-18(10-19)23(24,25)26/h2-4,7-10,17H,5-6,11-13H2,1H3,(H,28,29). The lowest BCUT2D eigenvalue weighted by Gasteiger charge is -2.38. The highest BCUT2D eigenvalue weighted by atomic mass is 19.4. The molecule has 1 aliphatic heterocycles. The fraction of sp³-hybridized carbons (Fsp3) is 0.348. The van der Waals surface area contributed by atoms with Crippen LogP contribution in [0.25, 0.3) is 5.57 Å². The molecule has 30 heavy (non-hydrogen) atoms. The van der Waals surface area contributed by atoms with Crippen LogP contribution in [0.3, 0.4) is 0 Å². The van der Waals surface area contributed by atoms with Gasteiger partial charge in [0.25, 0.3) is 0 Å². The molecule has 1 N–H and O–H groups in total. The second kappa shape index (κ2) is 7.80. The van der Waals surface area contributed by atoms with Gasteiger partial charge in [-0.2, -0.15) is 13.2 Å². The summed E-state index contributed by atoms with van der Waals surface area (Å²) in [5.74, 6) is -0.341. The first kappa shape index (κ1) is 20.5. The summed E-state index contributed by atoms with van der Waals surface area (Å²) < 4.78 is 44.4. The number of carboxylic acid groups (broad SMARTS) is 1. The molecular weight excluding hydrogens is 395 g/mol. The molecule has 4 nitrogen and oxygen atoms in total. The summed E-state index contributed by atoms with van der Waals surface area (Å²) >= 11 is 0. The fourth-order valence-corrected chi connectivity index (χ4v) is 4.06. The van der Waals surface area contributed by atoms with Crippen molar-refractivity contribution in [3.05, 3.63) is 64.7 Å². The highest BCUT2D eigenvalue weighted by Gasteiger charge is 2.33. The minimum atomic E-state index is -4.41. The zero-order valence-electron chi connectivity index (χ0n) is 16.5. The van der Waals surface area contributed by atoms with E-state index in [2.05, 4.69) is 11.8 Å². The number of carboxylic acids is 1. The van der Waals surface area contributed by atoms with Gasteiger partial charge in [-0.1, -0.05) is 17.7 Å². The first-order valence-corrected chi connectivity index (χ1v) is 9.83. The van der Waals surface area contributed by atoms with Crippen molar-refractivity contribution in [2.24, 2.45) is 5.92 Å². The number of rotatable bonds is 5. The van der Waals surface area contributed by atoms with Gasteiger partial charge in [0.15, 0.2) is 0 Å². The number of likely N-dealkylation sites (tertiary alicyclic amines) is 1. The topological polar surface area (TPSA) is 49.8 Å². The Labute approximate surface area is 172 Å². The second-order valence-corrected chi connectivity index (χ2v) is 7.90. The molecule has 4 rings (SSSR count). The van der Waals surface area contributed by atoms with Crippen LogP contribution in [0.1, 0.15) is 30.0 Å². The molecule has 0 unspecified atom stereocenters. The van der Waals surface area contributed by atoms with Crippen molar-refractivity contribution >= 4 is 11.5 Å². The molecule has 1 saturated heterocycles. The van der Waals surface area contributed by atoms with Crippen LogP contribution in [-0.4, -0.2) is 35.6 Å². The van der Waals surface area contributed by atoms with Crippen molar-refractivity contribution in [1.82, 2.24) is 4.90 Å². The third kappa shape index (κ3) is 4.21. The van der Waals surface area contributed by atoms with E-state index in [4.69, 9.17) is 9.84 Å². The largest absolute Gasteiger partial charge is 0.481 e. The van der Waals surface area contributed by atoms with Gasteiger partial charge in [-0.15, -0.1) is 0 Å². The minimum Gasteiger partial charge on any atom is -0.481 e. The lowest BCUT2D eigenvalue weighted by atomic mass is 9.85. The Balaban J connectivity index is 1.48. The molecule has 0 aromatic heterocycles. The van der Waals surface area contributed by atoms with E-state index < -0.39 is 17.7 Å². The van der Waals surface area contributed by atoms with Crippen LogP contribution in [0.15, 0.2) is 48.0 Å². The Morgan fingerprint density at radius 1 is 1.13 bits per heavy atom. The zero-order valence-corrected chi connectivity index (χ0v) is 16.5. The quantitative estimate of drug-likeness (QED) is 0.724. The summed E-state index contributed by atoms with van der Waals surface area (Å²) in [5.41, 5.74) is 3.96. The molecule has 2 aliphatic rings. The molecule has 0 amide bonds. The van der Waals surface area contributed by atoms with Gasteiger partial charge < -0.3 is 9.84 Å². The van der Waals surface area contributed by atoms with Gasteiger partial charge in [0, 0.05) is 19.6 Å². The number of halogens is 3. The molecular formula is C23H22F3NO3. The first-order valence-electron chi connectivity index (χ1n) is 9.83. The molecule has 0 saturated carbocycles. The first-order chi connectivity index (χ1) is 14.2. The van der Waals surface area contributed by atoms with Gasteiger partial charge in [-0.25, -0.2) is 0 Å². The third-order valence-electron chi connectivity index (χ3n) is 5.83. The van der Waals surface area contributed by atoms with Crippen LogP contribution in [-0.2, 0) is 17.4 Å². The number of alkyl halides is 3. The van der Waals surface area contributed by atoms with Crippen LogP contribution in [0, 0.1) is 5.92 Å². The van der Waals surface area contributed by atoms with Gasteiger partial charge >= 0.3 is 12.1 Å². The van der Waals surface area contributed by atoms with Crippen LogP contribution in [0.2, 0.25) is 0 Å². The maximum atomic E-state index is 12.9. The summed E-state index contributed by atoms with van der Waals surface area (Å²) in [6.07, 6.45) is -2.72. The Kier molecular flexibility index (Phi) is 5.32. The van der Waals surface area contributed by atoms with E-state index in [0.29, 0.717) is 18.8 Å². The Hall–Kier alpha value is -2.80. The van der Waals surface area contributed by atoms with Gasteiger partial charge in [-0.3, -0.25) is 9.69 Å². The summed E-state index contributed by atoms with van der Waals surface area (Å²) in [4.78, 5) is 13.1. The third-order valence-corrected chi connectivity index (χ3v) is 5.83. The van der Waals surface area contributed by atoms with Crippen LogP contribution < -0.4 is 4.74 Å². The van der Waals surface area contributed by atoms with Gasteiger partial charge in [0.1, 0.15) is 11.5 Å². The van der Waals surface area contributed by atoms with Crippen molar-refractivity contribution in [2.45, 2.75) is 25.9 Å². The summed E-state index contributed by atoms with van der Waals surface area (Å²) in [6.45, 7) is 4.01. The highest BCUT2D eigenvalue weighted by Crippen LogP contribution is 2.36. The number of aliphatic carboxylic acids is 1. The highest BCUT2D eigenvalue weighted by molar-refractivity contribution is 5.73. The summed E-state index contributed by atoms with van der Waals surface area (Å²) in [5, 5.41) is 9.02. The van der Waals surface area contributed by atoms with E-state index in [0.717, 1.165) is 42.6 Å². The van der Waals surface area contributed by atoms with E-state index >= 15 is 0 Å². The zero-order chi connectivity index (χ0) is 21.5. The van der Waals surface area contributed by atoms with Gasteiger partial charge in [0.2, 0.25) is 0 Å². The number of hydrogen-bond donors (Lipinski definition) is 1. The molecule has 7 heteroatoms. The average molecular weight is 417 g/mol. The molecule has 0 radical (unpaired) electrons. The van der Waals surface area contributed by atoms with Crippen molar-refractivity contribution in [3.8, 4) is 11.5 Å². The normalized spacial score (nSPS) is 17.5. The molecule has 2 aromatic rings. The molecule has 0 bridgehead atoms. The molecule has 1 heterocycles. The second-order valence-electron chi connectivity index (χ2n) is 7.90. The van der Waals surface area contributed by atoms with Crippen molar-refractivity contribution in [1.29, 1.82) is 0 Å². The number of allylic oxidation sites excluding steroid dienone is 1. The number of benzene rings is 2.